The number of hydrogen-bond donors (Lipinski definition) is 2. The number of rotatable bonds is 4. The summed E-state index contributed by atoms with van der Waals surface area (Å²) in [4.78, 5) is 38.9. The third kappa shape index (κ3) is 3.30. The van der Waals surface area contributed by atoms with E-state index in [1.165, 1.54) is 0 Å². The molecule has 2 heterocycles. The minimum Gasteiger partial charge on any atom is -0.496 e. The fourth-order valence-corrected chi connectivity index (χ4v) is 8.53. The van der Waals surface area contributed by atoms with E-state index in [9.17, 15) is 19.7 Å². The second kappa shape index (κ2) is 8.77. The molecule has 0 saturated heterocycles. The van der Waals surface area contributed by atoms with Crippen LogP contribution in [-0.2, 0) is 11.2 Å². The van der Waals surface area contributed by atoms with Crippen LogP contribution in [0.25, 0.3) is 0 Å². The molecular weight excluding hydrogens is 510 g/mol. The summed E-state index contributed by atoms with van der Waals surface area (Å²) >= 11 is 0. The van der Waals surface area contributed by atoms with Gasteiger partial charge >= 0.3 is 0 Å². The third-order valence-electron chi connectivity index (χ3n) is 10.8. The van der Waals surface area contributed by atoms with Crippen molar-refractivity contribution in [1.82, 2.24) is 10.6 Å². The molecule has 2 aliphatic carbocycles. The lowest BCUT2D eigenvalue weighted by molar-refractivity contribution is -0.385. The maximum atomic E-state index is 13.6. The number of nitro groups is 1. The van der Waals surface area contributed by atoms with Crippen LogP contribution in [0.15, 0.2) is 30.3 Å². The van der Waals surface area contributed by atoms with Crippen LogP contribution in [0.4, 0.5) is 5.69 Å². The van der Waals surface area contributed by atoms with Crippen molar-refractivity contribution in [2.24, 2.45) is 22.7 Å². The standard InChI is InChI=1S/C31H37N3O6/c1-16-11-12-22-29(2,3)27(35)19(32-5)15-31(22)30(16,4)14-17-13-20(34(37)38)23-24(26(17)40-31)25(33-28(23)36)18-9-7-8-10-21(18)39-6/h7-10,13,16,19,22,25,32H,11-12,14-15H2,1-6H3,(H,33,36)/t16-,19?,22-,25?,30+,31-/m0/s1. The molecule has 2 unspecified atom stereocenters. The molecule has 2 N–H and O–H groups in total. The predicted octanol–water partition coefficient (Wildman–Crippen LogP) is 4.75. The maximum absolute atomic E-state index is 13.6. The van der Waals surface area contributed by atoms with Gasteiger partial charge in [-0.05, 0) is 38.3 Å². The monoisotopic (exact) mass is 547 g/mol. The molecule has 2 aromatic rings. The van der Waals surface area contributed by atoms with Crippen molar-refractivity contribution in [3.8, 4) is 11.5 Å². The van der Waals surface area contributed by atoms with Gasteiger partial charge < -0.3 is 20.1 Å². The second-order valence-electron chi connectivity index (χ2n) is 12.8. The van der Waals surface area contributed by atoms with E-state index in [4.69, 9.17) is 9.47 Å². The first-order chi connectivity index (χ1) is 18.9. The third-order valence-corrected chi connectivity index (χ3v) is 10.8. The van der Waals surface area contributed by atoms with E-state index in [1.807, 2.05) is 45.2 Å². The van der Waals surface area contributed by atoms with Crippen molar-refractivity contribution in [2.75, 3.05) is 14.2 Å². The average molecular weight is 548 g/mol. The molecule has 6 rings (SSSR count). The zero-order chi connectivity index (χ0) is 28.8. The zero-order valence-electron chi connectivity index (χ0n) is 23.9. The van der Waals surface area contributed by atoms with Gasteiger partial charge in [0.2, 0.25) is 0 Å². The van der Waals surface area contributed by atoms with Crippen LogP contribution >= 0.6 is 0 Å². The molecule has 2 aliphatic heterocycles. The summed E-state index contributed by atoms with van der Waals surface area (Å²) in [6.45, 7) is 8.52. The molecule has 0 aromatic heterocycles. The number of methoxy groups -OCH3 is 1. The van der Waals surface area contributed by atoms with Gasteiger partial charge in [0.05, 0.1) is 24.1 Å². The lowest BCUT2D eigenvalue weighted by Gasteiger charge is -2.66. The van der Waals surface area contributed by atoms with Gasteiger partial charge in [-0.25, -0.2) is 0 Å². The van der Waals surface area contributed by atoms with Crippen LogP contribution < -0.4 is 20.1 Å². The highest BCUT2D eigenvalue weighted by Crippen LogP contribution is 2.66. The molecule has 2 aromatic carbocycles. The Labute approximate surface area is 234 Å². The van der Waals surface area contributed by atoms with E-state index in [0.717, 1.165) is 18.4 Å². The number of nitro benzene ring substituents is 1. The van der Waals surface area contributed by atoms with Gasteiger partial charge in [0.25, 0.3) is 11.6 Å². The van der Waals surface area contributed by atoms with Gasteiger partial charge in [0.15, 0.2) is 5.78 Å². The van der Waals surface area contributed by atoms with Crippen LogP contribution in [0.5, 0.6) is 11.5 Å². The van der Waals surface area contributed by atoms with Gasteiger partial charge in [0, 0.05) is 45.9 Å². The number of amides is 1. The molecular formula is C31H37N3O6. The van der Waals surface area contributed by atoms with Gasteiger partial charge in [0.1, 0.15) is 22.7 Å². The maximum Gasteiger partial charge on any atom is 0.283 e. The van der Waals surface area contributed by atoms with E-state index in [1.54, 1.807) is 13.2 Å². The Hall–Kier alpha value is -3.46. The van der Waals surface area contributed by atoms with Crippen LogP contribution in [0, 0.1) is 32.8 Å². The van der Waals surface area contributed by atoms with Crippen molar-refractivity contribution < 1.29 is 24.0 Å². The van der Waals surface area contributed by atoms with Crippen molar-refractivity contribution in [1.29, 1.82) is 0 Å². The van der Waals surface area contributed by atoms with Crippen LogP contribution in [0.1, 0.15) is 80.0 Å². The Bertz CT molecular complexity index is 1450. The molecule has 212 valence electrons. The largest absolute Gasteiger partial charge is 0.496 e. The highest BCUT2D eigenvalue weighted by atomic mass is 16.6. The number of Topliss-reactive ketones (excluding diaryl/α,β-unsaturated/α-hetero) is 1. The van der Waals surface area contributed by atoms with Crippen molar-refractivity contribution in [2.45, 2.75) is 71.1 Å². The molecule has 1 amide bonds. The SMILES string of the molecule is CNC1C[C@@]23Oc4c(cc([N+](=O)[O-])c5c4C(c4ccccc4OC)NC5=O)C[C@]2(C)[C@@H](C)CC[C@H]3C(C)(C)C1=O. The molecule has 9 heteroatoms. The fraction of sp³-hybridized carbons (Fsp3) is 0.548. The number of fused-ring (bicyclic) bond motifs is 3. The van der Waals surface area contributed by atoms with E-state index in [2.05, 4.69) is 24.5 Å². The summed E-state index contributed by atoms with van der Waals surface area (Å²) in [7, 11) is 3.38. The van der Waals surface area contributed by atoms with E-state index in [0.29, 0.717) is 35.5 Å². The number of hydrogen-bond acceptors (Lipinski definition) is 7. The quantitative estimate of drug-likeness (QED) is 0.419. The number of benzene rings is 2. The van der Waals surface area contributed by atoms with E-state index >= 15 is 0 Å². The topological polar surface area (TPSA) is 120 Å². The molecule has 6 atom stereocenters. The molecule has 40 heavy (non-hydrogen) atoms. The Morgan fingerprint density at radius 1 is 1.18 bits per heavy atom. The van der Waals surface area contributed by atoms with E-state index in [-0.39, 0.29) is 40.3 Å². The Balaban J connectivity index is 1.64. The fourth-order valence-electron chi connectivity index (χ4n) is 8.53. The first-order valence-corrected chi connectivity index (χ1v) is 14.1. The Kier molecular flexibility index (Phi) is 5.86. The van der Waals surface area contributed by atoms with E-state index < -0.39 is 27.9 Å². The summed E-state index contributed by atoms with van der Waals surface area (Å²) in [6.07, 6.45) is 2.85. The van der Waals surface area contributed by atoms with Crippen LogP contribution in [-0.4, -0.2) is 42.4 Å². The number of likely N-dealkylation sites (N-methyl/N-ethyl adjacent to an activating group) is 1. The summed E-state index contributed by atoms with van der Waals surface area (Å²) in [5.41, 5.74) is 0.0364. The van der Waals surface area contributed by atoms with Gasteiger partial charge in [-0.2, -0.15) is 0 Å². The summed E-state index contributed by atoms with van der Waals surface area (Å²) < 4.78 is 12.9. The summed E-state index contributed by atoms with van der Waals surface area (Å²) in [6, 6.07) is 7.86. The number of para-hydroxylation sites is 1. The number of ether oxygens (including phenoxy) is 2. The lowest BCUT2D eigenvalue weighted by Crippen LogP contribution is -2.73. The Morgan fingerprint density at radius 3 is 2.58 bits per heavy atom. The van der Waals surface area contributed by atoms with Gasteiger partial charge in [-0.1, -0.05) is 45.9 Å². The number of nitrogens with zero attached hydrogens (tertiary/aromatic N) is 1. The minimum absolute atomic E-state index is 0.0383. The van der Waals surface area contributed by atoms with Gasteiger partial charge in [-0.3, -0.25) is 19.7 Å². The van der Waals surface area contributed by atoms with Crippen LogP contribution in [0.2, 0.25) is 0 Å². The smallest absolute Gasteiger partial charge is 0.283 e. The highest BCUT2D eigenvalue weighted by Gasteiger charge is 2.69. The summed E-state index contributed by atoms with van der Waals surface area (Å²) in [5.74, 6) is 1.00. The average Bonchev–Trinajstić information content (AvgIpc) is 3.27. The number of carbonyl (C=O) groups excluding carboxylic acids is 2. The first-order valence-electron chi connectivity index (χ1n) is 14.1. The normalized spacial score (nSPS) is 33.5. The molecule has 0 radical (unpaired) electrons. The van der Waals surface area contributed by atoms with Crippen molar-refractivity contribution >= 4 is 17.4 Å². The molecule has 0 bridgehead atoms. The van der Waals surface area contributed by atoms with Gasteiger partial charge in [-0.15, -0.1) is 0 Å². The molecule has 4 aliphatic rings. The lowest BCUT2D eigenvalue weighted by atomic mass is 9.43. The summed E-state index contributed by atoms with van der Waals surface area (Å²) in [5, 5.41) is 18.6. The Morgan fingerprint density at radius 2 is 1.90 bits per heavy atom. The second-order valence-corrected chi connectivity index (χ2v) is 12.8. The van der Waals surface area contributed by atoms with Crippen LogP contribution in [0.3, 0.4) is 0 Å². The molecule has 1 spiro atoms. The molecule has 2 saturated carbocycles. The number of nitrogens with one attached hydrogen (secondary N) is 2. The highest BCUT2D eigenvalue weighted by molar-refractivity contribution is 6.05. The minimum atomic E-state index is -0.705. The predicted molar refractivity (Wildman–Crippen MR) is 149 cm³/mol. The molecule has 2 fully saturated rings. The van der Waals surface area contributed by atoms with Crippen molar-refractivity contribution in [3.63, 3.8) is 0 Å². The first kappa shape index (κ1) is 26.7. The number of carbonyl (C=O) groups is 2. The number of ketones is 1. The zero-order valence-corrected chi connectivity index (χ0v) is 23.9. The van der Waals surface area contributed by atoms with Crippen molar-refractivity contribution in [3.05, 3.63) is 62.7 Å². The molecule has 9 nitrogen and oxygen atoms in total.